The summed E-state index contributed by atoms with van der Waals surface area (Å²) >= 11 is 0. The number of fused-ring (bicyclic) bond motifs is 1. The molecule has 1 aliphatic rings. The fourth-order valence-electron chi connectivity index (χ4n) is 4.40. The third kappa shape index (κ3) is 5.96. The Morgan fingerprint density at radius 1 is 0.778 bits per heavy atom. The molecular weight excluding hydrogens is 446 g/mol. The molecule has 0 bridgehead atoms. The molecule has 4 aromatic carbocycles. The SMILES string of the molecule is COc1cc2c(cc1OCc1ccccc1)[C@H](C=Cc1ccc(OCc3ccccc3)cc1)NCC2. The van der Waals surface area contributed by atoms with Crippen LogP contribution in [0.5, 0.6) is 17.2 Å². The Morgan fingerprint density at radius 2 is 1.44 bits per heavy atom. The van der Waals surface area contributed by atoms with Crippen LogP contribution in [-0.2, 0) is 19.6 Å². The molecule has 4 heteroatoms. The van der Waals surface area contributed by atoms with Crippen LogP contribution in [0.25, 0.3) is 6.08 Å². The molecule has 182 valence electrons. The quantitative estimate of drug-likeness (QED) is 0.289. The van der Waals surface area contributed by atoms with E-state index in [1.807, 2.05) is 48.5 Å². The number of benzene rings is 4. The van der Waals surface area contributed by atoms with Crippen LogP contribution in [0.1, 0.15) is 33.9 Å². The summed E-state index contributed by atoms with van der Waals surface area (Å²) in [4.78, 5) is 0. The minimum Gasteiger partial charge on any atom is -0.493 e. The first kappa shape index (κ1) is 23.7. The van der Waals surface area contributed by atoms with E-state index in [-0.39, 0.29) is 6.04 Å². The van der Waals surface area contributed by atoms with Crippen LogP contribution in [0, 0.1) is 0 Å². The number of hydrogen-bond acceptors (Lipinski definition) is 4. The molecule has 0 aromatic heterocycles. The lowest BCUT2D eigenvalue weighted by atomic mass is 9.93. The molecule has 5 rings (SSSR count). The van der Waals surface area contributed by atoms with Gasteiger partial charge in [0.25, 0.3) is 0 Å². The highest BCUT2D eigenvalue weighted by atomic mass is 16.5. The maximum atomic E-state index is 6.17. The first-order valence-electron chi connectivity index (χ1n) is 12.3. The van der Waals surface area contributed by atoms with E-state index in [9.17, 15) is 0 Å². The van der Waals surface area contributed by atoms with Crippen molar-refractivity contribution < 1.29 is 14.2 Å². The summed E-state index contributed by atoms with van der Waals surface area (Å²) in [5.41, 5.74) is 5.93. The largest absolute Gasteiger partial charge is 0.493 e. The Balaban J connectivity index is 1.27. The van der Waals surface area contributed by atoms with E-state index in [0.29, 0.717) is 13.2 Å². The van der Waals surface area contributed by atoms with Gasteiger partial charge in [-0.15, -0.1) is 0 Å². The molecule has 1 atom stereocenters. The molecule has 0 amide bonds. The van der Waals surface area contributed by atoms with Crippen molar-refractivity contribution in [3.05, 3.63) is 131 Å². The van der Waals surface area contributed by atoms with Gasteiger partial charge < -0.3 is 19.5 Å². The van der Waals surface area contributed by atoms with Crippen molar-refractivity contribution in [3.63, 3.8) is 0 Å². The monoisotopic (exact) mass is 477 g/mol. The van der Waals surface area contributed by atoms with Crippen LogP contribution in [0.3, 0.4) is 0 Å². The predicted octanol–water partition coefficient (Wildman–Crippen LogP) is 6.75. The Hall–Kier alpha value is -4.02. The minimum atomic E-state index is 0.104. The third-order valence-electron chi connectivity index (χ3n) is 6.37. The zero-order valence-electron chi connectivity index (χ0n) is 20.5. The maximum absolute atomic E-state index is 6.17. The van der Waals surface area contributed by atoms with E-state index in [1.165, 1.54) is 11.1 Å². The highest BCUT2D eigenvalue weighted by Gasteiger charge is 2.21. The van der Waals surface area contributed by atoms with Gasteiger partial charge in [0.1, 0.15) is 19.0 Å². The van der Waals surface area contributed by atoms with Crippen molar-refractivity contribution >= 4 is 6.08 Å². The van der Waals surface area contributed by atoms with Gasteiger partial charge in [-0.25, -0.2) is 0 Å². The number of methoxy groups -OCH3 is 1. The average Bonchev–Trinajstić information content (AvgIpc) is 2.95. The summed E-state index contributed by atoms with van der Waals surface area (Å²) in [6.45, 7) is 1.99. The molecule has 4 nitrogen and oxygen atoms in total. The Kier molecular flexibility index (Phi) is 7.64. The second kappa shape index (κ2) is 11.6. The molecule has 1 heterocycles. The summed E-state index contributed by atoms with van der Waals surface area (Å²) in [6.07, 6.45) is 5.33. The number of nitrogens with one attached hydrogen (secondary N) is 1. The molecule has 0 radical (unpaired) electrons. The van der Waals surface area contributed by atoms with E-state index in [1.54, 1.807) is 7.11 Å². The minimum absolute atomic E-state index is 0.104. The average molecular weight is 478 g/mol. The molecule has 1 aliphatic heterocycles. The van der Waals surface area contributed by atoms with Gasteiger partial charge in [0.15, 0.2) is 11.5 Å². The fourth-order valence-corrected chi connectivity index (χ4v) is 4.40. The number of hydrogen-bond donors (Lipinski definition) is 1. The van der Waals surface area contributed by atoms with Crippen LogP contribution in [-0.4, -0.2) is 13.7 Å². The Morgan fingerprint density at radius 3 is 2.11 bits per heavy atom. The highest BCUT2D eigenvalue weighted by Crippen LogP contribution is 2.36. The normalized spacial score (nSPS) is 14.9. The van der Waals surface area contributed by atoms with Crippen molar-refractivity contribution in [1.82, 2.24) is 5.32 Å². The summed E-state index contributed by atoms with van der Waals surface area (Å²) in [5, 5.41) is 3.63. The zero-order valence-corrected chi connectivity index (χ0v) is 20.5. The van der Waals surface area contributed by atoms with Crippen LogP contribution in [0.4, 0.5) is 0 Å². The smallest absolute Gasteiger partial charge is 0.162 e. The molecule has 0 unspecified atom stereocenters. The van der Waals surface area contributed by atoms with Crippen LogP contribution in [0.15, 0.2) is 103 Å². The van der Waals surface area contributed by atoms with Gasteiger partial charge in [0.2, 0.25) is 0 Å². The van der Waals surface area contributed by atoms with Crippen molar-refractivity contribution in [1.29, 1.82) is 0 Å². The summed E-state index contributed by atoms with van der Waals surface area (Å²) in [7, 11) is 1.70. The first-order valence-corrected chi connectivity index (χ1v) is 12.3. The lowest BCUT2D eigenvalue weighted by Crippen LogP contribution is -2.28. The van der Waals surface area contributed by atoms with Gasteiger partial charge >= 0.3 is 0 Å². The van der Waals surface area contributed by atoms with Gasteiger partial charge in [0, 0.05) is 6.54 Å². The lowest BCUT2D eigenvalue weighted by molar-refractivity contribution is 0.283. The van der Waals surface area contributed by atoms with Crippen molar-refractivity contribution in [3.8, 4) is 17.2 Å². The summed E-state index contributed by atoms with van der Waals surface area (Å²) in [6, 6.07) is 33.0. The predicted molar refractivity (Wildman–Crippen MR) is 144 cm³/mol. The number of ether oxygens (including phenoxy) is 3. The van der Waals surface area contributed by atoms with Crippen LogP contribution >= 0.6 is 0 Å². The number of rotatable bonds is 9. The second-order valence-electron chi connectivity index (χ2n) is 8.86. The molecule has 0 saturated heterocycles. The molecule has 0 saturated carbocycles. The van der Waals surface area contributed by atoms with Gasteiger partial charge in [0.05, 0.1) is 13.2 Å². The first-order chi connectivity index (χ1) is 17.8. The van der Waals surface area contributed by atoms with Crippen molar-refractivity contribution in [2.75, 3.05) is 13.7 Å². The third-order valence-corrected chi connectivity index (χ3v) is 6.37. The van der Waals surface area contributed by atoms with E-state index in [0.717, 1.165) is 46.9 Å². The molecule has 1 N–H and O–H groups in total. The summed E-state index contributed by atoms with van der Waals surface area (Å²) < 4.78 is 17.7. The molecule has 0 aliphatic carbocycles. The van der Waals surface area contributed by atoms with Crippen LogP contribution < -0.4 is 19.5 Å². The lowest BCUT2D eigenvalue weighted by Gasteiger charge is -2.26. The van der Waals surface area contributed by atoms with E-state index >= 15 is 0 Å². The van der Waals surface area contributed by atoms with Gasteiger partial charge in [-0.1, -0.05) is 84.9 Å². The fraction of sp³-hybridized carbons (Fsp3) is 0.188. The molecular formula is C32H31NO3. The van der Waals surface area contributed by atoms with Gasteiger partial charge in [-0.3, -0.25) is 0 Å². The second-order valence-corrected chi connectivity index (χ2v) is 8.86. The van der Waals surface area contributed by atoms with Crippen molar-refractivity contribution in [2.45, 2.75) is 25.7 Å². The highest BCUT2D eigenvalue weighted by molar-refractivity contribution is 5.55. The molecule has 36 heavy (non-hydrogen) atoms. The Bertz CT molecular complexity index is 1280. The van der Waals surface area contributed by atoms with E-state index in [2.05, 4.69) is 66.0 Å². The summed E-state index contributed by atoms with van der Waals surface area (Å²) in [5.74, 6) is 2.41. The topological polar surface area (TPSA) is 39.7 Å². The molecule has 0 spiro atoms. The van der Waals surface area contributed by atoms with Gasteiger partial charge in [-0.2, -0.15) is 0 Å². The van der Waals surface area contributed by atoms with Crippen LogP contribution in [0.2, 0.25) is 0 Å². The zero-order chi connectivity index (χ0) is 24.6. The maximum Gasteiger partial charge on any atom is 0.162 e. The molecule has 0 fully saturated rings. The standard InChI is InChI=1S/C32H31NO3/c1-34-31-20-27-18-19-33-30(29(27)21-32(31)36-23-26-10-6-3-7-11-26)17-14-24-12-15-28(16-13-24)35-22-25-8-4-2-5-9-25/h2-17,20-21,30,33H,18-19,22-23H2,1H3/t30-/m0/s1. The van der Waals surface area contributed by atoms with Crippen molar-refractivity contribution in [2.24, 2.45) is 0 Å². The Labute approximate surface area is 213 Å². The van der Waals surface area contributed by atoms with E-state index in [4.69, 9.17) is 14.2 Å². The van der Waals surface area contributed by atoms with Gasteiger partial charge in [-0.05, 0) is 58.5 Å². The molecule has 4 aromatic rings. The van der Waals surface area contributed by atoms with E-state index < -0.39 is 0 Å².